The average Bonchev–Trinajstić information content (AvgIpc) is 3.95. The summed E-state index contributed by atoms with van der Waals surface area (Å²) in [4.78, 5) is 112. The Labute approximate surface area is 411 Å². The normalized spacial score (nSPS) is 33.1. The standard InChI is InChI=1S/C47H56O25/c1-20-36(63-24(5)51)39(65-26(7)53)42(69-34(56)14-12-29-11-13-31(57-10)32(17-29)62-23(4)50)45(61-20)70-37-30-15-16-58-44(35(30)47(43(37)72-47)19-60-22(3)49)71-46-41(67-28(9)55)40(66-27(8)54)38(64-25(6)52)33(68-46)18-59-21(2)48/h11-17,20,30,33,35-46H,18-19H2,1-10H3/b14-12+/t20-,30+,33+,35+,36-,37-,38+,39+,40-,41+,42+,43-,44-,45-,46-,47+/m0/s1. The molecule has 25 heteroatoms. The number of ether oxygens (including phenoxy) is 16. The highest BCUT2D eigenvalue weighted by molar-refractivity contribution is 5.87. The van der Waals surface area contributed by atoms with Gasteiger partial charge in [-0.15, -0.1) is 0 Å². The van der Waals surface area contributed by atoms with Crippen LogP contribution in [-0.4, -0.2) is 160 Å². The highest BCUT2D eigenvalue weighted by Crippen LogP contribution is 2.61. The number of rotatable bonds is 18. The Morgan fingerprint density at radius 3 is 1.76 bits per heavy atom. The van der Waals surface area contributed by atoms with Gasteiger partial charge >= 0.3 is 53.7 Å². The van der Waals surface area contributed by atoms with E-state index in [0.717, 1.165) is 47.6 Å². The molecule has 394 valence electrons. The molecule has 0 radical (unpaired) electrons. The van der Waals surface area contributed by atoms with E-state index in [1.165, 1.54) is 52.4 Å². The molecule has 0 N–H and O–H groups in total. The number of carbonyl (C=O) groups excluding carboxylic acids is 9. The number of epoxide rings is 1. The predicted molar refractivity (Wildman–Crippen MR) is 232 cm³/mol. The third-order valence-electron chi connectivity index (χ3n) is 11.7. The molecule has 1 aromatic rings. The van der Waals surface area contributed by atoms with E-state index in [1.807, 2.05) is 0 Å². The van der Waals surface area contributed by atoms with E-state index in [-0.39, 0.29) is 11.5 Å². The molecule has 3 saturated heterocycles. The molecule has 0 spiro atoms. The van der Waals surface area contributed by atoms with Crippen LogP contribution in [0.4, 0.5) is 0 Å². The topological polar surface area (TPSA) is 305 Å². The summed E-state index contributed by atoms with van der Waals surface area (Å²) in [5.41, 5.74) is -1.08. The van der Waals surface area contributed by atoms with Gasteiger partial charge in [0.1, 0.15) is 31.0 Å². The van der Waals surface area contributed by atoms with Crippen LogP contribution in [0, 0.1) is 11.8 Å². The lowest BCUT2D eigenvalue weighted by atomic mass is 9.85. The number of hydrogen-bond acceptors (Lipinski definition) is 25. The van der Waals surface area contributed by atoms with Crippen LogP contribution in [0.2, 0.25) is 0 Å². The van der Waals surface area contributed by atoms with Crippen molar-refractivity contribution in [3.63, 3.8) is 0 Å². The van der Waals surface area contributed by atoms with Gasteiger partial charge < -0.3 is 75.8 Å². The summed E-state index contributed by atoms with van der Waals surface area (Å²) in [5, 5.41) is 0. The van der Waals surface area contributed by atoms with E-state index in [2.05, 4.69) is 0 Å². The molecule has 0 bridgehead atoms. The van der Waals surface area contributed by atoms with Gasteiger partial charge in [-0.05, 0) is 36.8 Å². The Balaban J connectivity index is 1.35. The Morgan fingerprint density at radius 2 is 1.17 bits per heavy atom. The fourth-order valence-corrected chi connectivity index (χ4v) is 9.03. The molecule has 16 atom stereocenters. The zero-order valence-electron chi connectivity index (χ0n) is 40.8. The van der Waals surface area contributed by atoms with Crippen LogP contribution in [0.25, 0.3) is 6.08 Å². The Morgan fingerprint density at radius 1 is 0.597 bits per heavy atom. The summed E-state index contributed by atoms with van der Waals surface area (Å²) in [6, 6.07) is 4.50. The molecule has 72 heavy (non-hydrogen) atoms. The Hall–Kier alpha value is -6.67. The maximum Gasteiger partial charge on any atom is 0.331 e. The van der Waals surface area contributed by atoms with Crippen molar-refractivity contribution in [1.82, 2.24) is 0 Å². The summed E-state index contributed by atoms with van der Waals surface area (Å²) < 4.78 is 92.9. The first kappa shape index (κ1) is 54.7. The highest BCUT2D eigenvalue weighted by atomic mass is 16.8. The highest BCUT2D eigenvalue weighted by Gasteiger charge is 2.78. The number of hydrogen-bond donors (Lipinski definition) is 0. The first-order valence-corrected chi connectivity index (χ1v) is 22.5. The fourth-order valence-electron chi connectivity index (χ4n) is 9.03. The van der Waals surface area contributed by atoms with Gasteiger partial charge in [0, 0.05) is 67.4 Å². The molecule has 0 unspecified atom stereocenters. The monoisotopic (exact) mass is 1020 g/mol. The molecular formula is C47H56O25. The molecule has 4 heterocycles. The van der Waals surface area contributed by atoms with Crippen molar-refractivity contribution in [1.29, 1.82) is 0 Å². The maximum atomic E-state index is 13.8. The molecule has 1 saturated carbocycles. The van der Waals surface area contributed by atoms with E-state index in [0.29, 0.717) is 5.56 Å². The number of esters is 9. The van der Waals surface area contributed by atoms with Gasteiger partial charge in [-0.25, -0.2) is 4.79 Å². The van der Waals surface area contributed by atoms with Crippen molar-refractivity contribution < 1.29 is 119 Å². The SMILES string of the molecule is COc1ccc(/C=C/C(=O)O[C@H]2[C@H](O[C@H]3[C@@H]4C=CO[C@@H](O[C@@H]5O[C@H](COC(C)=O)[C@@H](OC(C)=O)[C@H](OC(C)=O)[C@H]5OC(C)=O)[C@@H]4[C@@]4(COC(C)=O)O[C@@H]34)O[C@@H](C)[C@H](OC(C)=O)[C@H]2OC(C)=O)cc1OC(C)=O. The summed E-state index contributed by atoms with van der Waals surface area (Å²) in [5.74, 6) is -8.86. The van der Waals surface area contributed by atoms with Gasteiger partial charge in [-0.3, -0.25) is 38.4 Å². The third kappa shape index (κ3) is 13.0. The minimum atomic E-state index is -1.72. The first-order valence-electron chi connectivity index (χ1n) is 22.5. The van der Waals surface area contributed by atoms with Crippen molar-refractivity contribution in [2.24, 2.45) is 11.8 Å². The van der Waals surface area contributed by atoms with Crippen molar-refractivity contribution in [3.05, 3.63) is 42.2 Å². The molecule has 4 aliphatic heterocycles. The second kappa shape index (κ2) is 23.3. The summed E-state index contributed by atoms with van der Waals surface area (Å²) in [7, 11) is 1.38. The predicted octanol–water partition coefficient (Wildman–Crippen LogP) is 1.46. The quantitative estimate of drug-likeness (QED) is 0.0661. The van der Waals surface area contributed by atoms with Crippen molar-refractivity contribution in [3.8, 4) is 11.5 Å². The van der Waals surface area contributed by atoms with Gasteiger partial charge in [-0.1, -0.05) is 6.07 Å². The Bertz CT molecular complexity index is 2310. The lowest BCUT2D eigenvalue weighted by Gasteiger charge is -2.46. The second-order valence-electron chi connectivity index (χ2n) is 17.1. The molecule has 6 rings (SSSR count). The van der Waals surface area contributed by atoms with Crippen LogP contribution in [0.1, 0.15) is 67.9 Å². The minimum absolute atomic E-state index is 0.0672. The van der Waals surface area contributed by atoms with Crippen LogP contribution in [-0.2, 0) is 109 Å². The average molecular weight is 1020 g/mol. The van der Waals surface area contributed by atoms with E-state index in [4.69, 9.17) is 75.8 Å². The number of benzene rings is 1. The summed E-state index contributed by atoms with van der Waals surface area (Å²) in [6.07, 6.45) is -13.4. The molecule has 1 aromatic carbocycles. The summed E-state index contributed by atoms with van der Waals surface area (Å²) in [6.45, 7) is 9.42. The minimum Gasteiger partial charge on any atom is -0.493 e. The second-order valence-corrected chi connectivity index (χ2v) is 17.1. The lowest BCUT2D eigenvalue weighted by Crippen LogP contribution is -2.64. The Kier molecular flexibility index (Phi) is 17.7. The fraction of sp³-hybridized carbons (Fsp3) is 0.596. The number of carbonyl (C=O) groups is 9. The largest absolute Gasteiger partial charge is 0.493 e. The molecule has 25 nitrogen and oxygen atoms in total. The zero-order valence-corrected chi connectivity index (χ0v) is 40.8. The van der Waals surface area contributed by atoms with Crippen molar-refractivity contribution >= 4 is 59.8 Å². The number of methoxy groups -OCH3 is 1. The molecule has 1 aliphatic carbocycles. The summed E-state index contributed by atoms with van der Waals surface area (Å²) >= 11 is 0. The molecule has 4 fully saturated rings. The molecule has 0 amide bonds. The smallest absolute Gasteiger partial charge is 0.331 e. The van der Waals surface area contributed by atoms with Gasteiger partial charge in [0.15, 0.2) is 54.4 Å². The van der Waals surface area contributed by atoms with Gasteiger partial charge in [-0.2, -0.15) is 0 Å². The van der Waals surface area contributed by atoms with Crippen LogP contribution in [0.5, 0.6) is 11.5 Å². The first-order chi connectivity index (χ1) is 34.0. The number of fused-ring (bicyclic) bond motifs is 3. The van der Waals surface area contributed by atoms with Gasteiger partial charge in [0.25, 0.3) is 0 Å². The van der Waals surface area contributed by atoms with Gasteiger partial charge in [0.05, 0.1) is 31.5 Å². The van der Waals surface area contributed by atoms with Crippen LogP contribution in [0.3, 0.4) is 0 Å². The van der Waals surface area contributed by atoms with E-state index < -0.39 is 164 Å². The van der Waals surface area contributed by atoms with Crippen LogP contribution < -0.4 is 9.47 Å². The van der Waals surface area contributed by atoms with E-state index in [1.54, 1.807) is 12.1 Å². The molecule has 5 aliphatic rings. The van der Waals surface area contributed by atoms with Gasteiger partial charge in [0.2, 0.25) is 12.6 Å². The third-order valence-corrected chi connectivity index (χ3v) is 11.7. The molecular weight excluding hydrogens is 964 g/mol. The lowest BCUT2D eigenvalue weighted by molar-refractivity contribution is -0.349. The zero-order chi connectivity index (χ0) is 52.8. The van der Waals surface area contributed by atoms with Crippen molar-refractivity contribution in [2.45, 2.75) is 148 Å². The van der Waals surface area contributed by atoms with E-state index >= 15 is 0 Å². The molecule has 0 aromatic heterocycles. The van der Waals surface area contributed by atoms with E-state index in [9.17, 15) is 43.2 Å². The van der Waals surface area contributed by atoms with Crippen LogP contribution in [0.15, 0.2) is 36.6 Å². The maximum absolute atomic E-state index is 13.8. The van der Waals surface area contributed by atoms with Crippen molar-refractivity contribution in [2.75, 3.05) is 20.3 Å². The van der Waals surface area contributed by atoms with Crippen LogP contribution >= 0.6 is 0 Å².